The van der Waals surface area contributed by atoms with Crippen LogP contribution < -0.4 is 16.0 Å². The van der Waals surface area contributed by atoms with Crippen molar-refractivity contribution in [1.29, 1.82) is 0 Å². The summed E-state index contributed by atoms with van der Waals surface area (Å²) in [4.78, 5) is 34.0. The van der Waals surface area contributed by atoms with Crippen LogP contribution in [0.4, 0.5) is 24.7 Å². The monoisotopic (exact) mass is 507 g/mol. The molecule has 0 spiro atoms. The Kier molecular flexibility index (Phi) is 9.38. The van der Waals surface area contributed by atoms with E-state index in [4.69, 9.17) is 33.1 Å². The molecule has 14 heteroatoms. The lowest BCUT2D eigenvalue weighted by Crippen LogP contribution is -2.35. The zero-order valence-electron chi connectivity index (χ0n) is 16.7. The van der Waals surface area contributed by atoms with E-state index in [-0.39, 0.29) is 28.4 Å². The Morgan fingerprint density at radius 2 is 1.67 bits per heavy atom. The molecule has 9 nitrogen and oxygen atoms in total. The quantitative estimate of drug-likeness (QED) is 0.496. The van der Waals surface area contributed by atoms with E-state index < -0.39 is 18.1 Å². The molecule has 0 unspecified atom stereocenters. The Balaban J connectivity index is 0.000000479. The Labute approximate surface area is 195 Å². The van der Waals surface area contributed by atoms with Crippen LogP contribution in [-0.4, -0.2) is 52.4 Å². The molecular formula is C19H18Cl2F3N5O4. The zero-order chi connectivity index (χ0) is 24.6. The van der Waals surface area contributed by atoms with Crippen LogP contribution in [-0.2, 0) is 9.59 Å². The lowest BCUT2D eigenvalue weighted by molar-refractivity contribution is -0.192. The van der Waals surface area contributed by atoms with Gasteiger partial charge >= 0.3 is 12.1 Å². The minimum absolute atomic E-state index is 0.0787. The number of carbonyl (C=O) groups excluding carboxylic acids is 2. The third-order valence-electron chi connectivity index (χ3n) is 4.31. The van der Waals surface area contributed by atoms with Gasteiger partial charge in [0.2, 0.25) is 5.91 Å². The molecule has 1 saturated heterocycles. The number of alkyl halides is 3. The molecule has 0 aliphatic carbocycles. The highest BCUT2D eigenvalue weighted by atomic mass is 35.5. The van der Waals surface area contributed by atoms with E-state index in [1.807, 2.05) is 0 Å². The Morgan fingerprint density at radius 3 is 2.21 bits per heavy atom. The van der Waals surface area contributed by atoms with Crippen LogP contribution in [0.25, 0.3) is 0 Å². The number of carbonyl (C=O) groups is 3. The second-order valence-electron chi connectivity index (χ2n) is 6.70. The summed E-state index contributed by atoms with van der Waals surface area (Å²) in [5, 5.41) is 23.9. The number of hydrogen-bond donors (Lipinski definition) is 4. The first-order chi connectivity index (χ1) is 15.5. The normalized spacial score (nSPS) is 14.0. The molecule has 1 aromatic carbocycles. The average Bonchev–Trinajstić information content (AvgIpc) is 2.77. The van der Waals surface area contributed by atoms with Crippen molar-refractivity contribution in [2.45, 2.75) is 19.0 Å². The number of aromatic nitrogens is 2. The molecule has 0 atom stereocenters. The van der Waals surface area contributed by atoms with Gasteiger partial charge in [-0.05, 0) is 56.3 Å². The number of nitrogens with zero attached hydrogens (tertiary/aromatic N) is 2. The van der Waals surface area contributed by atoms with Crippen molar-refractivity contribution in [1.82, 2.24) is 15.5 Å². The van der Waals surface area contributed by atoms with Gasteiger partial charge in [-0.15, -0.1) is 10.2 Å². The maximum Gasteiger partial charge on any atom is 0.490 e. The number of rotatable bonds is 4. The summed E-state index contributed by atoms with van der Waals surface area (Å²) in [6.45, 7) is 1.61. The van der Waals surface area contributed by atoms with Crippen LogP contribution >= 0.6 is 23.2 Å². The van der Waals surface area contributed by atoms with Crippen molar-refractivity contribution in [2.75, 3.05) is 23.7 Å². The molecule has 3 rings (SSSR count). The number of piperidine rings is 1. The molecule has 4 N–H and O–H groups in total. The number of carboxylic acid groups (broad SMARTS) is 1. The first-order valence-corrected chi connectivity index (χ1v) is 10.1. The molecule has 0 bridgehead atoms. The fourth-order valence-electron chi connectivity index (χ4n) is 2.70. The third kappa shape index (κ3) is 8.48. The van der Waals surface area contributed by atoms with Crippen LogP contribution in [0.5, 0.6) is 0 Å². The summed E-state index contributed by atoms with van der Waals surface area (Å²) in [7, 11) is 0. The van der Waals surface area contributed by atoms with E-state index in [0.717, 1.165) is 25.9 Å². The lowest BCUT2D eigenvalue weighted by Gasteiger charge is -2.22. The van der Waals surface area contributed by atoms with E-state index in [0.29, 0.717) is 10.7 Å². The third-order valence-corrected chi connectivity index (χ3v) is 4.75. The molecule has 2 amide bonds. The molecule has 1 aliphatic heterocycles. The average molecular weight is 508 g/mol. The number of aliphatic carboxylic acids is 1. The standard InChI is InChI=1S/C17H17Cl2N5O2.C2HF3O2/c18-11-1-2-13(21-16(25)10-5-7-20-8-6-10)12(9-11)17(26)22-15-4-3-14(19)23-24-15;3-2(4,5)1(6)7/h1-4,9-10,20H,5-8H2,(H,21,25)(H,22,24,26);(H,6,7). The first-order valence-electron chi connectivity index (χ1n) is 9.39. The molecule has 2 aromatic rings. The van der Waals surface area contributed by atoms with Crippen molar-refractivity contribution in [3.8, 4) is 0 Å². The summed E-state index contributed by atoms with van der Waals surface area (Å²) in [6, 6.07) is 7.79. The van der Waals surface area contributed by atoms with Gasteiger partial charge in [-0.25, -0.2) is 4.79 Å². The maximum atomic E-state index is 12.6. The van der Waals surface area contributed by atoms with Crippen LogP contribution in [0.2, 0.25) is 10.2 Å². The highest BCUT2D eigenvalue weighted by Crippen LogP contribution is 2.24. The van der Waals surface area contributed by atoms with Crippen molar-refractivity contribution < 1.29 is 32.7 Å². The number of halogens is 5. The number of carboxylic acids is 1. The first kappa shape index (κ1) is 26.3. The van der Waals surface area contributed by atoms with Crippen molar-refractivity contribution in [3.63, 3.8) is 0 Å². The van der Waals surface area contributed by atoms with Crippen LogP contribution in [0.15, 0.2) is 30.3 Å². The van der Waals surface area contributed by atoms with Crippen LogP contribution in [0.1, 0.15) is 23.2 Å². The second-order valence-corrected chi connectivity index (χ2v) is 7.53. The Morgan fingerprint density at radius 1 is 1.03 bits per heavy atom. The van der Waals surface area contributed by atoms with Gasteiger partial charge in [0.05, 0.1) is 11.3 Å². The minimum atomic E-state index is -5.08. The van der Waals surface area contributed by atoms with E-state index in [1.165, 1.54) is 18.2 Å². The van der Waals surface area contributed by atoms with E-state index in [1.54, 1.807) is 12.1 Å². The number of nitrogens with one attached hydrogen (secondary N) is 3. The largest absolute Gasteiger partial charge is 0.490 e. The van der Waals surface area contributed by atoms with Gasteiger partial charge in [-0.1, -0.05) is 23.2 Å². The number of hydrogen-bond acceptors (Lipinski definition) is 6. The van der Waals surface area contributed by atoms with Gasteiger partial charge in [-0.3, -0.25) is 9.59 Å². The number of benzene rings is 1. The van der Waals surface area contributed by atoms with Gasteiger partial charge in [0.1, 0.15) is 0 Å². The summed E-state index contributed by atoms with van der Waals surface area (Å²) >= 11 is 11.7. The predicted octanol–water partition coefficient (Wildman–Crippen LogP) is 3.61. The van der Waals surface area contributed by atoms with Crippen molar-refractivity contribution in [3.05, 3.63) is 46.1 Å². The van der Waals surface area contributed by atoms with Gasteiger partial charge in [0.25, 0.3) is 5.91 Å². The Hall–Kier alpha value is -2.96. The molecule has 0 radical (unpaired) electrons. The molecule has 178 valence electrons. The molecule has 0 saturated carbocycles. The highest BCUT2D eigenvalue weighted by Gasteiger charge is 2.38. The number of anilines is 2. The van der Waals surface area contributed by atoms with E-state index in [2.05, 4.69) is 26.1 Å². The SMILES string of the molecule is O=C(Nc1ccc(Cl)nn1)c1cc(Cl)ccc1NC(=O)C1CCNCC1.O=C(O)C(F)(F)F. The molecular weight excluding hydrogens is 490 g/mol. The highest BCUT2D eigenvalue weighted by molar-refractivity contribution is 6.31. The molecule has 1 fully saturated rings. The molecule has 33 heavy (non-hydrogen) atoms. The molecule has 1 aliphatic rings. The van der Waals surface area contributed by atoms with Gasteiger partial charge in [0, 0.05) is 10.9 Å². The minimum Gasteiger partial charge on any atom is -0.475 e. The summed E-state index contributed by atoms with van der Waals surface area (Å²) in [5.41, 5.74) is 0.647. The van der Waals surface area contributed by atoms with Crippen molar-refractivity contribution in [2.24, 2.45) is 5.92 Å². The summed E-state index contributed by atoms with van der Waals surface area (Å²) < 4.78 is 31.7. The van der Waals surface area contributed by atoms with Gasteiger partial charge < -0.3 is 21.1 Å². The Bertz CT molecular complexity index is 1000. The topological polar surface area (TPSA) is 133 Å². The molecule has 1 aromatic heterocycles. The van der Waals surface area contributed by atoms with E-state index >= 15 is 0 Å². The number of amides is 2. The van der Waals surface area contributed by atoms with Gasteiger partial charge in [0.15, 0.2) is 11.0 Å². The van der Waals surface area contributed by atoms with Crippen LogP contribution in [0.3, 0.4) is 0 Å². The fraction of sp³-hybridized carbons (Fsp3) is 0.316. The van der Waals surface area contributed by atoms with E-state index in [9.17, 15) is 22.8 Å². The maximum absolute atomic E-state index is 12.6. The summed E-state index contributed by atoms with van der Waals surface area (Å²) in [6.07, 6.45) is -3.55. The predicted molar refractivity (Wildman–Crippen MR) is 114 cm³/mol. The summed E-state index contributed by atoms with van der Waals surface area (Å²) in [5.74, 6) is -3.15. The lowest BCUT2D eigenvalue weighted by atomic mass is 9.97. The van der Waals surface area contributed by atoms with Crippen molar-refractivity contribution >= 4 is 52.5 Å². The second kappa shape index (κ2) is 11.8. The molecule has 2 heterocycles. The van der Waals surface area contributed by atoms with Crippen LogP contribution in [0, 0.1) is 5.92 Å². The smallest absolute Gasteiger partial charge is 0.475 e. The van der Waals surface area contributed by atoms with Gasteiger partial charge in [-0.2, -0.15) is 13.2 Å². The zero-order valence-corrected chi connectivity index (χ0v) is 18.3. The fourth-order valence-corrected chi connectivity index (χ4v) is 2.97.